The van der Waals surface area contributed by atoms with E-state index < -0.39 is 0 Å². The molecule has 1 aromatic carbocycles. The molecule has 1 N–H and O–H groups in total. The fourth-order valence-corrected chi connectivity index (χ4v) is 4.40. The van der Waals surface area contributed by atoms with Crippen molar-refractivity contribution in [1.29, 1.82) is 0 Å². The van der Waals surface area contributed by atoms with Crippen LogP contribution in [0.5, 0.6) is 0 Å². The maximum atomic E-state index is 12.7. The molecule has 2 fully saturated rings. The Bertz CT molecular complexity index is 736. The lowest BCUT2D eigenvalue weighted by Crippen LogP contribution is -2.34. The minimum Gasteiger partial charge on any atom is -0.381 e. The third-order valence-corrected chi connectivity index (χ3v) is 6.03. The van der Waals surface area contributed by atoms with E-state index >= 15 is 0 Å². The Labute approximate surface area is 155 Å². The van der Waals surface area contributed by atoms with Crippen molar-refractivity contribution in [1.82, 2.24) is 15.1 Å². The van der Waals surface area contributed by atoms with Gasteiger partial charge in [0.1, 0.15) is 0 Å². The average molecular weight is 355 g/mol. The van der Waals surface area contributed by atoms with E-state index in [4.69, 9.17) is 4.74 Å². The lowest BCUT2D eigenvalue weighted by atomic mass is 9.92. The van der Waals surface area contributed by atoms with Crippen LogP contribution < -0.4 is 0 Å². The highest BCUT2D eigenvalue weighted by atomic mass is 16.5. The van der Waals surface area contributed by atoms with Gasteiger partial charge in [-0.3, -0.25) is 9.89 Å². The molecular formula is C21H29N3O2. The topological polar surface area (TPSA) is 58.2 Å². The van der Waals surface area contributed by atoms with E-state index in [0.717, 1.165) is 63.9 Å². The number of carbonyl (C=O) groups excluding carboxylic acids is 1. The van der Waals surface area contributed by atoms with Crippen molar-refractivity contribution in [2.45, 2.75) is 44.9 Å². The zero-order valence-electron chi connectivity index (χ0n) is 15.5. The van der Waals surface area contributed by atoms with Crippen LogP contribution in [-0.2, 0) is 16.0 Å². The quantitative estimate of drug-likeness (QED) is 0.912. The van der Waals surface area contributed by atoms with Gasteiger partial charge in [-0.1, -0.05) is 6.07 Å². The van der Waals surface area contributed by atoms with Gasteiger partial charge in [-0.15, -0.1) is 0 Å². The molecule has 3 heterocycles. The number of nitrogens with zero attached hydrogens (tertiary/aromatic N) is 2. The van der Waals surface area contributed by atoms with Crippen molar-refractivity contribution in [2.75, 3.05) is 26.3 Å². The molecule has 5 nitrogen and oxygen atoms in total. The summed E-state index contributed by atoms with van der Waals surface area (Å²) in [7, 11) is 0. The first kappa shape index (κ1) is 17.5. The first-order valence-corrected chi connectivity index (χ1v) is 10.1. The number of likely N-dealkylation sites (tertiary alicyclic amines) is 1. The smallest absolute Gasteiger partial charge is 0.222 e. The van der Waals surface area contributed by atoms with Crippen molar-refractivity contribution in [3.63, 3.8) is 0 Å². The second kappa shape index (κ2) is 8.21. The molecule has 2 aromatic rings. The monoisotopic (exact) mass is 355 g/mol. The molecule has 0 saturated carbocycles. The Hall–Kier alpha value is -1.88. The van der Waals surface area contributed by atoms with Gasteiger partial charge in [0, 0.05) is 38.1 Å². The zero-order valence-corrected chi connectivity index (χ0v) is 15.5. The number of carbonyl (C=O) groups is 1. The molecule has 2 aliphatic rings. The molecule has 2 aliphatic heterocycles. The summed E-state index contributed by atoms with van der Waals surface area (Å²) < 4.78 is 5.41. The normalized spacial score (nSPS) is 22.5. The van der Waals surface area contributed by atoms with Crippen molar-refractivity contribution < 1.29 is 9.53 Å². The average Bonchev–Trinajstić information content (AvgIpc) is 3.00. The van der Waals surface area contributed by atoms with Gasteiger partial charge in [-0.2, -0.15) is 5.10 Å². The van der Waals surface area contributed by atoms with E-state index in [0.29, 0.717) is 24.2 Å². The van der Waals surface area contributed by atoms with Gasteiger partial charge < -0.3 is 9.64 Å². The lowest BCUT2D eigenvalue weighted by molar-refractivity contribution is -0.132. The molecular weight excluding hydrogens is 326 g/mol. The highest BCUT2D eigenvalue weighted by molar-refractivity contribution is 5.78. The van der Waals surface area contributed by atoms with E-state index in [2.05, 4.69) is 33.3 Å². The molecule has 1 amide bonds. The number of fused-ring (bicyclic) bond motifs is 1. The third kappa shape index (κ3) is 4.26. The van der Waals surface area contributed by atoms with Gasteiger partial charge in [0.15, 0.2) is 0 Å². The highest BCUT2D eigenvalue weighted by Crippen LogP contribution is 2.25. The molecule has 140 valence electrons. The number of nitrogens with one attached hydrogen (secondary N) is 1. The first-order chi connectivity index (χ1) is 12.8. The molecule has 0 radical (unpaired) electrons. The van der Waals surface area contributed by atoms with E-state index in [1.807, 2.05) is 6.20 Å². The van der Waals surface area contributed by atoms with Gasteiger partial charge in [0.25, 0.3) is 0 Å². The van der Waals surface area contributed by atoms with Crippen LogP contribution in [0.25, 0.3) is 10.9 Å². The van der Waals surface area contributed by atoms with Gasteiger partial charge >= 0.3 is 0 Å². The van der Waals surface area contributed by atoms with Crippen molar-refractivity contribution >= 4 is 16.8 Å². The molecule has 4 rings (SSSR count). The van der Waals surface area contributed by atoms with Gasteiger partial charge in [-0.05, 0) is 68.1 Å². The fraction of sp³-hybridized carbons (Fsp3) is 0.619. The Balaban J connectivity index is 1.30. The number of aromatic amines is 1. The van der Waals surface area contributed by atoms with E-state index in [1.165, 1.54) is 17.4 Å². The van der Waals surface area contributed by atoms with Crippen LogP contribution in [0.15, 0.2) is 24.4 Å². The van der Waals surface area contributed by atoms with Crippen LogP contribution in [-0.4, -0.2) is 47.3 Å². The molecule has 0 bridgehead atoms. The highest BCUT2D eigenvalue weighted by Gasteiger charge is 2.24. The zero-order chi connectivity index (χ0) is 17.8. The Kier molecular flexibility index (Phi) is 5.54. The Morgan fingerprint density at radius 1 is 1.15 bits per heavy atom. The molecule has 1 atom stereocenters. The third-order valence-electron chi connectivity index (χ3n) is 6.03. The number of hydrogen-bond acceptors (Lipinski definition) is 3. The largest absolute Gasteiger partial charge is 0.381 e. The summed E-state index contributed by atoms with van der Waals surface area (Å²) in [4.78, 5) is 14.8. The number of H-pyrrole nitrogens is 1. The van der Waals surface area contributed by atoms with Crippen molar-refractivity contribution in [2.24, 2.45) is 11.8 Å². The number of amides is 1. The Morgan fingerprint density at radius 2 is 2.04 bits per heavy atom. The second-order valence-electron chi connectivity index (χ2n) is 7.93. The van der Waals surface area contributed by atoms with E-state index in [1.54, 1.807) is 0 Å². The van der Waals surface area contributed by atoms with Crippen LogP contribution in [0.3, 0.4) is 0 Å². The van der Waals surface area contributed by atoms with Crippen LogP contribution in [0.4, 0.5) is 0 Å². The number of hydrogen-bond donors (Lipinski definition) is 1. The van der Waals surface area contributed by atoms with Crippen molar-refractivity contribution in [3.05, 3.63) is 30.0 Å². The summed E-state index contributed by atoms with van der Waals surface area (Å²) in [6.45, 7) is 3.49. The number of benzene rings is 1. The van der Waals surface area contributed by atoms with E-state index in [-0.39, 0.29) is 0 Å². The van der Waals surface area contributed by atoms with Gasteiger partial charge in [0.05, 0.1) is 11.7 Å². The van der Waals surface area contributed by atoms with Crippen LogP contribution in [0, 0.1) is 11.8 Å². The molecule has 1 aromatic heterocycles. The van der Waals surface area contributed by atoms with Crippen LogP contribution in [0.1, 0.15) is 44.1 Å². The number of aromatic nitrogens is 2. The van der Waals surface area contributed by atoms with Crippen LogP contribution >= 0.6 is 0 Å². The lowest BCUT2D eigenvalue weighted by Gasteiger charge is -2.26. The second-order valence-corrected chi connectivity index (χ2v) is 7.93. The summed E-state index contributed by atoms with van der Waals surface area (Å²) in [5.74, 6) is 1.55. The molecule has 0 spiro atoms. The van der Waals surface area contributed by atoms with E-state index in [9.17, 15) is 4.79 Å². The maximum Gasteiger partial charge on any atom is 0.222 e. The van der Waals surface area contributed by atoms with Gasteiger partial charge in [0.2, 0.25) is 5.91 Å². The summed E-state index contributed by atoms with van der Waals surface area (Å²) in [6.07, 6.45) is 9.24. The molecule has 26 heavy (non-hydrogen) atoms. The number of ether oxygens (including phenoxy) is 1. The molecule has 2 saturated heterocycles. The summed E-state index contributed by atoms with van der Waals surface area (Å²) >= 11 is 0. The summed E-state index contributed by atoms with van der Waals surface area (Å²) in [5.41, 5.74) is 2.48. The predicted molar refractivity (Wildman–Crippen MR) is 102 cm³/mol. The molecule has 5 heteroatoms. The Morgan fingerprint density at radius 3 is 2.92 bits per heavy atom. The standard InChI is InChI=1S/C21H29N3O2/c25-21(14-17-6-10-26-11-7-17)24-8-1-2-16(5-9-24)12-18-3-4-20-19(13-18)15-22-23-20/h3-4,13,15-17H,1-2,5-12,14H2,(H,22,23)/t16-/m0/s1. The maximum absolute atomic E-state index is 12.7. The summed E-state index contributed by atoms with van der Waals surface area (Å²) in [5, 5.41) is 8.30. The summed E-state index contributed by atoms with van der Waals surface area (Å²) in [6, 6.07) is 6.58. The van der Waals surface area contributed by atoms with Gasteiger partial charge in [-0.25, -0.2) is 0 Å². The molecule has 0 aliphatic carbocycles. The first-order valence-electron chi connectivity index (χ1n) is 10.1. The SMILES string of the molecule is O=C(CC1CCOCC1)N1CCC[C@H](Cc2ccc3[nH]ncc3c2)CC1. The minimum absolute atomic E-state index is 0.359. The van der Waals surface area contributed by atoms with Crippen LogP contribution in [0.2, 0.25) is 0 Å². The van der Waals surface area contributed by atoms with Crippen molar-refractivity contribution in [3.8, 4) is 0 Å². The minimum atomic E-state index is 0.359. The fourth-order valence-electron chi connectivity index (χ4n) is 4.40. The predicted octanol–water partition coefficient (Wildman–Crippen LogP) is 3.55. The number of rotatable bonds is 4. The molecule has 0 unspecified atom stereocenters.